The molecule has 0 amide bonds. The Balaban J connectivity index is 1.85. The Morgan fingerprint density at radius 2 is 2.04 bits per heavy atom. The van der Waals surface area contributed by atoms with Gasteiger partial charge in [-0.15, -0.1) is 0 Å². The number of nitriles is 1. The molecule has 0 saturated heterocycles. The predicted molar refractivity (Wildman–Crippen MR) is 107 cm³/mol. The number of pyridine rings is 1. The Labute approximate surface area is 160 Å². The molecule has 0 fully saturated rings. The zero-order valence-electron chi connectivity index (χ0n) is 14.8. The van der Waals surface area contributed by atoms with Gasteiger partial charge < -0.3 is 4.98 Å². The van der Waals surface area contributed by atoms with E-state index in [0.29, 0.717) is 5.56 Å². The van der Waals surface area contributed by atoms with Crippen LogP contribution in [0.4, 0.5) is 0 Å². The van der Waals surface area contributed by atoms with E-state index in [1.807, 2.05) is 31.2 Å². The van der Waals surface area contributed by atoms with Crippen LogP contribution in [0.3, 0.4) is 0 Å². The molecular formula is C22H19BrN2O. The van der Waals surface area contributed by atoms with Crippen LogP contribution in [-0.4, -0.2) is 4.98 Å². The van der Waals surface area contributed by atoms with Gasteiger partial charge in [0.05, 0.1) is 11.5 Å². The monoisotopic (exact) mass is 406 g/mol. The molecule has 2 aromatic carbocycles. The van der Waals surface area contributed by atoms with Crippen LogP contribution >= 0.6 is 15.9 Å². The number of aromatic amines is 1. The van der Waals surface area contributed by atoms with Gasteiger partial charge in [0.1, 0.15) is 0 Å². The van der Waals surface area contributed by atoms with Gasteiger partial charge in [-0.1, -0.05) is 34.1 Å². The number of halogens is 1. The fourth-order valence-corrected chi connectivity index (χ4v) is 4.57. The molecule has 26 heavy (non-hydrogen) atoms. The summed E-state index contributed by atoms with van der Waals surface area (Å²) < 4.78 is 1.08. The first-order chi connectivity index (χ1) is 12.4. The largest absolute Gasteiger partial charge is 0.322 e. The highest BCUT2D eigenvalue weighted by atomic mass is 79.9. The van der Waals surface area contributed by atoms with E-state index in [-0.39, 0.29) is 11.5 Å². The summed E-state index contributed by atoms with van der Waals surface area (Å²) in [7, 11) is 0. The standard InChI is InChI=1S/C22H19BrN2O/c1-13-9-15-3-5-16(11-20(15)25-21(13)26)22(2,12-24)19-8-4-14-10-17(23)6-7-18(14)19/h3,5-7,9-11,19H,4,8H2,1-2H3,(H,25,26)/t19?,22-/m0/s1. The average Bonchev–Trinajstić information content (AvgIpc) is 3.05. The van der Waals surface area contributed by atoms with Crippen molar-refractivity contribution in [2.75, 3.05) is 0 Å². The number of fused-ring (bicyclic) bond motifs is 2. The number of hydrogen-bond donors (Lipinski definition) is 1. The number of nitrogens with one attached hydrogen (secondary N) is 1. The van der Waals surface area contributed by atoms with Crippen molar-refractivity contribution in [2.24, 2.45) is 0 Å². The molecule has 130 valence electrons. The molecule has 0 spiro atoms. The molecule has 2 atom stereocenters. The van der Waals surface area contributed by atoms with Crippen LogP contribution in [0.5, 0.6) is 0 Å². The number of H-pyrrole nitrogens is 1. The van der Waals surface area contributed by atoms with Crippen molar-refractivity contribution in [3.8, 4) is 6.07 Å². The van der Waals surface area contributed by atoms with E-state index in [1.165, 1.54) is 11.1 Å². The van der Waals surface area contributed by atoms with Crippen molar-refractivity contribution >= 4 is 26.8 Å². The van der Waals surface area contributed by atoms with Gasteiger partial charge in [0.25, 0.3) is 5.56 Å². The Kier molecular flexibility index (Phi) is 4.00. The number of benzene rings is 2. The van der Waals surface area contributed by atoms with Crippen molar-refractivity contribution in [3.63, 3.8) is 0 Å². The molecule has 4 heteroatoms. The van der Waals surface area contributed by atoms with Crippen LogP contribution in [0.25, 0.3) is 10.9 Å². The molecule has 4 rings (SSSR count). The van der Waals surface area contributed by atoms with Gasteiger partial charge in [0, 0.05) is 21.5 Å². The van der Waals surface area contributed by atoms with Crippen LogP contribution in [0.2, 0.25) is 0 Å². The molecule has 0 bridgehead atoms. The summed E-state index contributed by atoms with van der Waals surface area (Å²) in [5.41, 5.74) is 4.29. The second-order valence-electron chi connectivity index (χ2n) is 7.33. The number of rotatable bonds is 2. The highest BCUT2D eigenvalue weighted by Crippen LogP contribution is 2.47. The number of nitrogens with zero attached hydrogens (tertiary/aromatic N) is 1. The topological polar surface area (TPSA) is 56.6 Å². The molecule has 1 aromatic heterocycles. The molecular weight excluding hydrogens is 388 g/mol. The first kappa shape index (κ1) is 17.1. The lowest BCUT2D eigenvalue weighted by Crippen LogP contribution is -2.27. The maximum absolute atomic E-state index is 12.0. The van der Waals surface area contributed by atoms with Gasteiger partial charge in [-0.2, -0.15) is 5.26 Å². The van der Waals surface area contributed by atoms with Crippen molar-refractivity contribution < 1.29 is 0 Å². The Morgan fingerprint density at radius 1 is 1.23 bits per heavy atom. The van der Waals surface area contributed by atoms with E-state index in [9.17, 15) is 10.1 Å². The Bertz CT molecular complexity index is 1130. The fourth-order valence-electron chi connectivity index (χ4n) is 4.16. The predicted octanol–water partition coefficient (Wildman–Crippen LogP) is 5.11. The van der Waals surface area contributed by atoms with E-state index >= 15 is 0 Å². The smallest absolute Gasteiger partial charge is 0.251 e. The molecule has 0 radical (unpaired) electrons. The first-order valence-corrected chi connectivity index (χ1v) is 9.55. The summed E-state index contributed by atoms with van der Waals surface area (Å²) in [5, 5.41) is 11.1. The van der Waals surface area contributed by atoms with Crippen molar-refractivity contribution in [3.05, 3.63) is 79.5 Å². The quantitative estimate of drug-likeness (QED) is 0.642. The van der Waals surface area contributed by atoms with Crippen LogP contribution in [0, 0.1) is 18.3 Å². The third kappa shape index (κ3) is 2.59. The van der Waals surface area contributed by atoms with Gasteiger partial charge in [0.2, 0.25) is 0 Å². The minimum Gasteiger partial charge on any atom is -0.322 e. The molecule has 1 aliphatic rings. The number of aromatic nitrogens is 1. The molecule has 0 saturated carbocycles. The average molecular weight is 407 g/mol. The SMILES string of the molecule is Cc1cc2ccc([C@](C)(C#N)C3CCc4cc(Br)ccc43)cc2[nH]c1=O. The second-order valence-corrected chi connectivity index (χ2v) is 8.25. The number of aryl methyl sites for hydroxylation is 2. The lowest BCUT2D eigenvalue weighted by molar-refractivity contribution is 0.470. The van der Waals surface area contributed by atoms with Gasteiger partial charge >= 0.3 is 0 Å². The summed E-state index contributed by atoms with van der Waals surface area (Å²) in [6.45, 7) is 3.82. The minimum absolute atomic E-state index is 0.0793. The minimum atomic E-state index is -0.644. The summed E-state index contributed by atoms with van der Waals surface area (Å²) in [6.07, 6.45) is 1.94. The summed E-state index contributed by atoms with van der Waals surface area (Å²) >= 11 is 3.54. The summed E-state index contributed by atoms with van der Waals surface area (Å²) in [5.74, 6) is 0.144. The Morgan fingerprint density at radius 3 is 2.81 bits per heavy atom. The normalized spacial score (nSPS) is 18.3. The van der Waals surface area contributed by atoms with E-state index in [4.69, 9.17) is 0 Å². The number of hydrogen-bond acceptors (Lipinski definition) is 2. The fraction of sp³-hybridized carbons (Fsp3) is 0.273. The maximum Gasteiger partial charge on any atom is 0.251 e. The maximum atomic E-state index is 12.0. The van der Waals surface area contributed by atoms with E-state index in [2.05, 4.69) is 45.2 Å². The van der Waals surface area contributed by atoms with Crippen molar-refractivity contribution in [1.29, 1.82) is 5.26 Å². The van der Waals surface area contributed by atoms with Crippen LogP contribution < -0.4 is 5.56 Å². The third-order valence-corrected chi connectivity index (χ3v) is 6.24. The van der Waals surface area contributed by atoms with E-state index < -0.39 is 5.41 Å². The molecule has 1 N–H and O–H groups in total. The lowest BCUT2D eigenvalue weighted by atomic mass is 9.70. The zero-order valence-corrected chi connectivity index (χ0v) is 16.4. The van der Waals surface area contributed by atoms with Gasteiger partial charge in [-0.25, -0.2) is 0 Å². The van der Waals surface area contributed by atoms with Crippen molar-refractivity contribution in [2.45, 2.75) is 38.0 Å². The lowest BCUT2D eigenvalue weighted by Gasteiger charge is -2.30. The molecule has 0 aliphatic heterocycles. The molecule has 3 aromatic rings. The molecule has 1 unspecified atom stereocenters. The molecule has 1 heterocycles. The van der Waals surface area contributed by atoms with E-state index in [0.717, 1.165) is 33.8 Å². The van der Waals surface area contributed by atoms with Crippen LogP contribution in [-0.2, 0) is 11.8 Å². The highest BCUT2D eigenvalue weighted by Gasteiger charge is 2.41. The van der Waals surface area contributed by atoms with Gasteiger partial charge in [0.15, 0.2) is 0 Å². The first-order valence-electron chi connectivity index (χ1n) is 8.76. The summed E-state index contributed by atoms with van der Waals surface area (Å²) in [4.78, 5) is 14.9. The van der Waals surface area contributed by atoms with Crippen molar-refractivity contribution in [1.82, 2.24) is 4.98 Å². The molecule has 3 nitrogen and oxygen atoms in total. The second kappa shape index (κ2) is 6.10. The molecule has 1 aliphatic carbocycles. The third-order valence-electron chi connectivity index (χ3n) is 5.74. The Hall–Kier alpha value is -2.38. The van der Waals surface area contributed by atoms with Crippen LogP contribution in [0.15, 0.2) is 51.7 Å². The summed E-state index contributed by atoms with van der Waals surface area (Å²) in [6, 6.07) is 16.8. The highest BCUT2D eigenvalue weighted by molar-refractivity contribution is 9.10. The zero-order chi connectivity index (χ0) is 18.5. The van der Waals surface area contributed by atoms with Gasteiger partial charge in [-0.3, -0.25) is 4.79 Å². The van der Waals surface area contributed by atoms with E-state index in [1.54, 1.807) is 6.92 Å². The van der Waals surface area contributed by atoms with Crippen LogP contribution in [0.1, 0.15) is 41.5 Å². The van der Waals surface area contributed by atoms with Gasteiger partial charge in [-0.05, 0) is 73.0 Å².